The van der Waals surface area contributed by atoms with Gasteiger partial charge in [0.05, 0.1) is 0 Å². The molecule has 0 saturated carbocycles. The summed E-state index contributed by atoms with van der Waals surface area (Å²) in [5.41, 5.74) is 4.50. The van der Waals surface area contributed by atoms with E-state index >= 15 is 0 Å². The first kappa shape index (κ1) is 13.6. The molecule has 1 aromatic carbocycles. The first-order valence-electron chi connectivity index (χ1n) is 6.98. The van der Waals surface area contributed by atoms with Crippen molar-refractivity contribution < 1.29 is 0 Å². The van der Waals surface area contributed by atoms with Gasteiger partial charge in [0, 0.05) is 26.2 Å². The highest BCUT2D eigenvalue weighted by atomic mass is 15.0. The largest absolute Gasteiger partial charge is 0.316 e. The molecule has 1 aromatic rings. The maximum absolute atomic E-state index is 3.56. The van der Waals surface area contributed by atoms with Gasteiger partial charge in [-0.05, 0) is 34.9 Å². The van der Waals surface area contributed by atoms with Gasteiger partial charge in [0.25, 0.3) is 0 Å². The minimum atomic E-state index is 0.244. The van der Waals surface area contributed by atoms with Crippen LogP contribution in [-0.2, 0) is 12.0 Å². The van der Waals surface area contributed by atoms with E-state index in [0.717, 1.165) is 19.0 Å². The Hall–Kier alpha value is -0.860. The van der Waals surface area contributed by atoms with E-state index in [4.69, 9.17) is 0 Å². The number of hydrogen-bond donors (Lipinski definition) is 2. The molecule has 1 aliphatic rings. The van der Waals surface area contributed by atoms with Crippen LogP contribution in [0.2, 0.25) is 0 Å². The van der Waals surface area contributed by atoms with Crippen LogP contribution >= 0.6 is 0 Å². The number of benzene rings is 1. The molecule has 1 heterocycles. The minimum Gasteiger partial charge on any atom is -0.316 e. The van der Waals surface area contributed by atoms with Crippen molar-refractivity contribution in [2.24, 2.45) is 5.92 Å². The first-order chi connectivity index (χ1) is 8.47. The fourth-order valence-electron chi connectivity index (χ4n) is 2.26. The topological polar surface area (TPSA) is 24.1 Å². The second-order valence-corrected chi connectivity index (χ2v) is 6.55. The molecule has 0 unspecified atom stereocenters. The molecule has 1 aliphatic heterocycles. The molecule has 1 saturated heterocycles. The lowest BCUT2D eigenvalue weighted by Gasteiger charge is -2.27. The second kappa shape index (κ2) is 5.41. The molecule has 0 radical (unpaired) electrons. The molecule has 2 heteroatoms. The van der Waals surface area contributed by atoms with Gasteiger partial charge in [-0.3, -0.25) is 0 Å². The third kappa shape index (κ3) is 3.33. The second-order valence-electron chi connectivity index (χ2n) is 6.55. The molecule has 0 spiro atoms. The van der Waals surface area contributed by atoms with Crippen LogP contribution in [0.5, 0.6) is 0 Å². The highest BCUT2D eigenvalue weighted by Crippen LogP contribution is 2.24. The Morgan fingerprint density at radius 1 is 1.28 bits per heavy atom. The predicted octanol–water partition coefficient (Wildman–Crippen LogP) is 2.60. The van der Waals surface area contributed by atoms with Crippen molar-refractivity contribution in [3.8, 4) is 0 Å². The van der Waals surface area contributed by atoms with Crippen LogP contribution in [0.25, 0.3) is 0 Å². The molecule has 18 heavy (non-hydrogen) atoms. The van der Waals surface area contributed by atoms with Crippen LogP contribution in [0.3, 0.4) is 0 Å². The van der Waals surface area contributed by atoms with Crippen molar-refractivity contribution in [2.75, 3.05) is 19.6 Å². The molecule has 0 amide bonds. The summed E-state index contributed by atoms with van der Waals surface area (Å²) in [6, 6.07) is 6.89. The normalized spacial score (nSPS) is 16.7. The summed E-state index contributed by atoms with van der Waals surface area (Å²) in [4.78, 5) is 0. The van der Waals surface area contributed by atoms with E-state index in [1.165, 1.54) is 29.8 Å². The zero-order chi connectivity index (χ0) is 13.2. The van der Waals surface area contributed by atoms with Crippen molar-refractivity contribution >= 4 is 0 Å². The van der Waals surface area contributed by atoms with Crippen LogP contribution in [0.4, 0.5) is 0 Å². The molecule has 2 N–H and O–H groups in total. The van der Waals surface area contributed by atoms with Crippen molar-refractivity contribution in [3.63, 3.8) is 0 Å². The van der Waals surface area contributed by atoms with Crippen molar-refractivity contribution in [3.05, 3.63) is 34.9 Å². The van der Waals surface area contributed by atoms with E-state index in [1.54, 1.807) is 0 Å². The van der Waals surface area contributed by atoms with Gasteiger partial charge in [0.2, 0.25) is 0 Å². The van der Waals surface area contributed by atoms with E-state index in [2.05, 4.69) is 56.5 Å². The first-order valence-corrected chi connectivity index (χ1v) is 6.98. The summed E-state index contributed by atoms with van der Waals surface area (Å²) in [6.45, 7) is 13.5. The minimum absolute atomic E-state index is 0.244. The van der Waals surface area contributed by atoms with Crippen molar-refractivity contribution in [2.45, 2.75) is 39.7 Å². The smallest absolute Gasteiger partial charge is 0.0208 e. The van der Waals surface area contributed by atoms with E-state index in [0.29, 0.717) is 0 Å². The predicted molar refractivity (Wildman–Crippen MR) is 77.9 cm³/mol. The molecule has 0 aromatic heterocycles. The lowest BCUT2D eigenvalue weighted by Crippen LogP contribution is -2.47. The van der Waals surface area contributed by atoms with Gasteiger partial charge < -0.3 is 10.6 Å². The van der Waals surface area contributed by atoms with Gasteiger partial charge in [0.1, 0.15) is 0 Å². The molecule has 1 fully saturated rings. The molecular formula is C16H26N2. The van der Waals surface area contributed by atoms with Gasteiger partial charge >= 0.3 is 0 Å². The summed E-state index contributed by atoms with van der Waals surface area (Å²) >= 11 is 0. The summed E-state index contributed by atoms with van der Waals surface area (Å²) in [6.07, 6.45) is 0. The van der Waals surface area contributed by atoms with Gasteiger partial charge in [-0.1, -0.05) is 39.0 Å². The van der Waals surface area contributed by atoms with E-state index in [9.17, 15) is 0 Å². The van der Waals surface area contributed by atoms with Crippen LogP contribution in [-0.4, -0.2) is 19.6 Å². The lowest BCUT2D eigenvalue weighted by atomic mass is 9.85. The van der Waals surface area contributed by atoms with E-state index < -0.39 is 0 Å². The summed E-state index contributed by atoms with van der Waals surface area (Å²) in [7, 11) is 0. The molecule has 2 nitrogen and oxygen atoms in total. The Bertz CT molecular complexity index is 400. The van der Waals surface area contributed by atoms with Crippen LogP contribution in [0, 0.1) is 12.8 Å². The average Bonchev–Trinajstić information content (AvgIpc) is 2.22. The molecule has 0 aliphatic carbocycles. The molecule has 100 valence electrons. The SMILES string of the molecule is Cc1cc(C(C)(C)C)ccc1CNCC1CNC1. The fraction of sp³-hybridized carbons (Fsp3) is 0.625. The fourth-order valence-corrected chi connectivity index (χ4v) is 2.26. The lowest BCUT2D eigenvalue weighted by molar-refractivity contribution is 0.331. The summed E-state index contributed by atoms with van der Waals surface area (Å²) in [5, 5.41) is 6.87. The highest BCUT2D eigenvalue weighted by molar-refractivity contribution is 5.34. The highest BCUT2D eigenvalue weighted by Gasteiger charge is 2.16. The Morgan fingerprint density at radius 2 is 2.00 bits per heavy atom. The van der Waals surface area contributed by atoms with Gasteiger partial charge in [-0.2, -0.15) is 0 Å². The van der Waals surface area contributed by atoms with Gasteiger partial charge in [-0.15, -0.1) is 0 Å². The van der Waals surface area contributed by atoms with Crippen LogP contribution in [0.1, 0.15) is 37.5 Å². The quantitative estimate of drug-likeness (QED) is 0.853. The number of rotatable bonds is 4. The van der Waals surface area contributed by atoms with E-state index in [-0.39, 0.29) is 5.41 Å². The molecular weight excluding hydrogens is 220 g/mol. The zero-order valence-electron chi connectivity index (χ0n) is 12.1. The van der Waals surface area contributed by atoms with Crippen LogP contribution in [0.15, 0.2) is 18.2 Å². The third-order valence-electron chi connectivity index (χ3n) is 3.82. The molecule has 0 atom stereocenters. The maximum Gasteiger partial charge on any atom is 0.0208 e. The Balaban J connectivity index is 1.92. The number of nitrogens with one attached hydrogen (secondary N) is 2. The molecule has 0 bridgehead atoms. The van der Waals surface area contributed by atoms with Crippen molar-refractivity contribution in [1.82, 2.24) is 10.6 Å². The van der Waals surface area contributed by atoms with Crippen molar-refractivity contribution in [1.29, 1.82) is 0 Å². The standard InChI is InChI=1S/C16H26N2/c1-12-7-15(16(2,3)4)6-5-14(12)11-18-10-13-8-17-9-13/h5-7,13,17-18H,8-11H2,1-4H3. The maximum atomic E-state index is 3.56. The Labute approximate surface area is 111 Å². The molecule has 2 rings (SSSR count). The number of aryl methyl sites for hydroxylation is 1. The zero-order valence-corrected chi connectivity index (χ0v) is 12.1. The summed E-state index contributed by atoms with van der Waals surface area (Å²) < 4.78 is 0. The Morgan fingerprint density at radius 3 is 2.50 bits per heavy atom. The number of hydrogen-bond acceptors (Lipinski definition) is 2. The summed E-state index contributed by atoms with van der Waals surface area (Å²) in [5.74, 6) is 0.833. The third-order valence-corrected chi connectivity index (χ3v) is 3.82. The average molecular weight is 246 g/mol. The van der Waals surface area contributed by atoms with E-state index in [1.807, 2.05) is 0 Å². The monoisotopic (exact) mass is 246 g/mol. The Kier molecular flexibility index (Phi) is 4.08. The van der Waals surface area contributed by atoms with Crippen LogP contribution < -0.4 is 10.6 Å². The van der Waals surface area contributed by atoms with Gasteiger partial charge in [0.15, 0.2) is 0 Å². The van der Waals surface area contributed by atoms with Gasteiger partial charge in [-0.25, -0.2) is 0 Å².